The summed E-state index contributed by atoms with van der Waals surface area (Å²) in [5, 5.41) is 3.37. The van der Waals surface area contributed by atoms with Gasteiger partial charge in [0.05, 0.1) is 5.41 Å². The van der Waals surface area contributed by atoms with Gasteiger partial charge in [-0.15, -0.1) is 0 Å². The number of fused-ring (bicyclic) bond motifs is 2. The molecule has 0 bridgehead atoms. The number of nitrogens with one attached hydrogen (secondary N) is 1. The molecule has 0 radical (unpaired) electrons. The van der Waals surface area contributed by atoms with Gasteiger partial charge in [0.1, 0.15) is 0 Å². The van der Waals surface area contributed by atoms with Gasteiger partial charge in [-0.3, -0.25) is 4.79 Å². The molecule has 3 saturated carbocycles. The van der Waals surface area contributed by atoms with Crippen molar-refractivity contribution in [2.45, 2.75) is 94.5 Å². The smallest absolute Gasteiger partial charge is 0.317 e. The van der Waals surface area contributed by atoms with Gasteiger partial charge in [0.2, 0.25) is 5.91 Å². The maximum atomic E-state index is 13.6. The van der Waals surface area contributed by atoms with Crippen LogP contribution in [0.15, 0.2) is 24.3 Å². The first-order chi connectivity index (χ1) is 15.6. The highest BCUT2D eigenvalue weighted by Crippen LogP contribution is 2.45. The number of hydrogen-bond donors (Lipinski definition) is 1. The Morgan fingerprint density at radius 1 is 1.06 bits per heavy atom. The van der Waals surface area contributed by atoms with Gasteiger partial charge in [0.15, 0.2) is 0 Å². The van der Waals surface area contributed by atoms with Crippen molar-refractivity contribution < 1.29 is 9.59 Å². The average Bonchev–Trinajstić information content (AvgIpc) is 3.66. The van der Waals surface area contributed by atoms with Gasteiger partial charge >= 0.3 is 6.03 Å². The Morgan fingerprint density at radius 3 is 2.50 bits per heavy atom. The Hall–Kier alpha value is -2.04. The molecule has 1 aromatic carbocycles. The summed E-state index contributed by atoms with van der Waals surface area (Å²) in [5.41, 5.74) is 2.16. The van der Waals surface area contributed by atoms with Crippen LogP contribution < -0.4 is 5.32 Å². The Bertz CT molecular complexity index is 835. The first-order valence-electron chi connectivity index (χ1n) is 13.0. The molecule has 4 aliphatic rings. The molecule has 1 aliphatic heterocycles. The topological polar surface area (TPSA) is 52.6 Å². The lowest BCUT2D eigenvalue weighted by atomic mass is 9.66. The summed E-state index contributed by atoms with van der Waals surface area (Å²) in [6.45, 7) is 1.68. The number of likely N-dealkylation sites (N-methyl/N-ethyl adjacent to an activating group) is 1. The first-order valence-corrected chi connectivity index (χ1v) is 13.0. The molecule has 174 valence electrons. The van der Waals surface area contributed by atoms with Crippen LogP contribution in [0, 0.1) is 5.92 Å². The summed E-state index contributed by atoms with van der Waals surface area (Å²) in [6.07, 6.45) is 12.9. The molecule has 5 nitrogen and oxygen atoms in total. The van der Waals surface area contributed by atoms with Gasteiger partial charge in [-0.05, 0) is 74.8 Å². The highest BCUT2D eigenvalue weighted by Gasteiger charge is 2.48. The van der Waals surface area contributed by atoms with Crippen molar-refractivity contribution in [2.24, 2.45) is 5.92 Å². The minimum absolute atomic E-state index is 0.148. The summed E-state index contributed by atoms with van der Waals surface area (Å²) in [6, 6.07) is 9.31. The predicted octanol–water partition coefficient (Wildman–Crippen LogP) is 4.64. The molecule has 0 aromatic heterocycles. The van der Waals surface area contributed by atoms with Crippen LogP contribution >= 0.6 is 0 Å². The molecule has 1 heterocycles. The Kier molecular flexibility index (Phi) is 6.18. The van der Waals surface area contributed by atoms with E-state index in [0.717, 1.165) is 58.0 Å². The zero-order valence-electron chi connectivity index (χ0n) is 19.7. The molecule has 5 rings (SSSR count). The SMILES string of the molecule is CN1CCc2ccccc2C2(CCC(N(CC3CC3)C(=O)NC3CCCCC3)CC2)C1=O. The lowest BCUT2D eigenvalue weighted by Crippen LogP contribution is -2.54. The number of urea groups is 1. The molecule has 5 heteroatoms. The normalized spacial score (nSPS) is 28.8. The summed E-state index contributed by atoms with van der Waals surface area (Å²) in [5.74, 6) is 0.954. The Morgan fingerprint density at radius 2 is 1.78 bits per heavy atom. The molecular formula is C27H39N3O2. The van der Waals surface area contributed by atoms with E-state index in [1.807, 2.05) is 11.9 Å². The van der Waals surface area contributed by atoms with Crippen molar-refractivity contribution in [3.05, 3.63) is 35.4 Å². The predicted molar refractivity (Wildman–Crippen MR) is 127 cm³/mol. The Labute approximate surface area is 192 Å². The van der Waals surface area contributed by atoms with Crippen molar-refractivity contribution in [1.82, 2.24) is 15.1 Å². The zero-order chi connectivity index (χ0) is 22.1. The van der Waals surface area contributed by atoms with Crippen molar-refractivity contribution in [3.8, 4) is 0 Å². The lowest BCUT2D eigenvalue weighted by molar-refractivity contribution is -0.137. The molecule has 1 spiro atoms. The molecular weight excluding hydrogens is 398 g/mol. The maximum absolute atomic E-state index is 13.6. The number of amides is 3. The van der Waals surface area contributed by atoms with Gasteiger partial charge in [-0.1, -0.05) is 43.5 Å². The molecule has 0 saturated heterocycles. The van der Waals surface area contributed by atoms with Crippen molar-refractivity contribution in [2.75, 3.05) is 20.1 Å². The third-order valence-corrected chi connectivity index (χ3v) is 8.60. The van der Waals surface area contributed by atoms with Gasteiger partial charge in [0.25, 0.3) is 0 Å². The van der Waals surface area contributed by atoms with E-state index in [2.05, 4.69) is 34.5 Å². The summed E-state index contributed by atoms with van der Waals surface area (Å²) in [4.78, 5) is 31.0. The minimum atomic E-state index is -0.413. The largest absolute Gasteiger partial charge is 0.345 e. The standard InChI is InChI=1S/C27H39N3O2/c1-29-18-15-21-7-5-6-10-24(21)27(25(29)31)16-13-23(14-17-27)30(19-20-11-12-20)26(32)28-22-8-3-2-4-9-22/h5-7,10,20,22-23H,2-4,8-9,11-19H2,1H3,(H,28,32). The van der Waals surface area contributed by atoms with Crippen LogP contribution in [0.25, 0.3) is 0 Å². The summed E-state index contributed by atoms with van der Waals surface area (Å²) >= 11 is 0. The second-order valence-corrected chi connectivity index (χ2v) is 10.8. The van der Waals surface area contributed by atoms with Gasteiger partial charge < -0.3 is 15.1 Å². The number of carbonyl (C=O) groups excluding carboxylic acids is 2. The lowest BCUT2D eigenvalue weighted by Gasteiger charge is -2.44. The summed E-state index contributed by atoms with van der Waals surface area (Å²) < 4.78 is 0. The van der Waals surface area contributed by atoms with Crippen LogP contribution in [0.1, 0.15) is 81.8 Å². The van der Waals surface area contributed by atoms with Gasteiger partial charge in [-0.25, -0.2) is 4.79 Å². The molecule has 1 N–H and O–H groups in total. The first kappa shape index (κ1) is 21.8. The van der Waals surface area contributed by atoms with E-state index in [9.17, 15) is 9.59 Å². The second-order valence-electron chi connectivity index (χ2n) is 10.8. The van der Waals surface area contributed by atoms with E-state index in [-0.39, 0.29) is 18.0 Å². The van der Waals surface area contributed by atoms with Crippen molar-refractivity contribution in [1.29, 1.82) is 0 Å². The zero-order valence-corrected chi connectivity index (χ0v) is 19.7. The Balaban J connectivity index is 1.33. The van der Waals surface area contributed by atoms with Crippen LogP contribution in [0.2, 0.25) is 0 Å². The number of carbonyl (C=O) groups is 2. The molecule has 1 aromatic rings. The van der Waals surface area contributed by atoms with Crippen LogP contribution in [0.5, 0.6) is 0 Å². The number of nitrogens with zero attached hydrogens (tertiary/aromatic N) is 2. The van der Waals surface area contributed by atoms with Crippen molar-refractivity contribution in [3.63, 3.8) is 0 Å². The van der Waals surface area contributed by atoms with Gasteiger partial charge in [-0.2, -0.15) is 0 Å². The molecule has 0 unspecified atom stereocenters. The highest BCUT2D eigenvalue weighted by atomic mass is 16.2. The number of hydrogen-bond acceptors (Lipinski definition) is 2. The van der Waals surface area contributed by atoms with Crippen LogP contribution in [0.4, 0.5) is 4.79 Å². The summed E-state index contributed by atoms with van der Waals surface area (Å²) in [7, 11) is 1.96. The minimum Gasteiger partial charge on any atom is -0.345 e. The van der Waals surface area contributed by atoms with E-state index < -0.39 is 5.41 Å². The van der Waals surface area contributed by atoms with E-state index >= 15 is 0 Å². The molecule has 3 amide bonds. The van der Waals surface area contributed by atoms with Crippen molar-refractivity contribution >= 4 is 11.9 Å². The van der Waals surface area contributed by atoms with Crippen LogP contribution in [-0.4, -0.2) is 54.0 Å². The van der Waals surface area contributed by atoms with E-state index in [0.29, 0.717) is 12.0 Å². The highest BCUT2D eigenvalue weighted by molar-refractivity contribution is 5.89. The maximum Gasteiger partial charge on any atom is 0.317 e. The third kappa shape index (κ3) is 4.27. The van der Waals surface area contributed by atoms with Crippen LogP contribution in [0.3, 0.4) is 0 Å². The van der Waals surface area contributed by atoms with Crippen LogP contribution in [-0.2, 0) is 16.6 Å². The quantitative estimate of drug-likeness (QED) is 0.746. The molecule has 3 aliphatic carbocycles. The number of rotatable bonds is 4. The second kappa shape index (κ2) is 9.07. The van der Waals surface area contributed by atoms with E-state index in [1.54, 1.807) is 0 Å². The fourth-order valence-electron chi connectivity index (χ4n) is 6.45. The monoisotopic (exact) mass is 437 g/mol. The molecule has 0 atom stereocenters. The van der Waals surface area contributed by atoms with E-state index in [4.69, 9.17) is 0 Å². The molecule has 32 heavy (non-hydrogen) atoms. The fourth-order valence-corrected chi connectivity index (χ4v) is 6.45. The van der Waals surface area contributed by atoms with E-state index in [1.165, 1.54) is 43.2 Å². The number of benzene rings is 1. The third-order valence-electron chi connectivity index (χ3n) is 8.60. The average molecular weight is 438 g/mol. The fraction of sp³-hybridized carbons (Fsp3) is 0.704. The molecule has 3 fully saturated rings. The van der Waals surface area contributed by atoms with Gasteiger partial charge in [0, 0.05) is 32.2 Å².